The predicted octanol–water partition coefficient (Wildman–Crippen LogP) is 0.910. The van der Waals surface area contributed by atoms with E-state index in [-0.39, 0.29) is 56.7 Å². The number of carbonyl (C=O) groups is 18. The van der Waals surface area contributed by atoms with Crippen LogP contribution in [0.1, 0.15) is 200 Å². The van der Waals surface area contributed by atoms with Crippen molar-refractivity contribution in [2.45, 2.75) is 304 Å². The molecule has 18 atom stereocenters. The molecule has 0 bridgehead atoms. The minimum absolute atomic E-state index is 0.0269. The standard InChI is InChI=1S/C40H59N3O22S3.C28H40O18.C12H21N3O5S3/c1-12-15-30(44)58-21(4)33(46)60-23(6)35(48)62-25(8)37(50)64-27(10)39(52)65-26(9)38(51)63-24(7)36(49)61-22(5)34(47)59-20(3)32(45)42-67(53,54)31-18-28-29(41-13-2)19-43(16-14-17-57-11)68(55,56)40(28)66-31;1-10-11-20(29)39-13(3)22(32)41-15(5)24(34)43-17(7)26(36)45-19(9)28(38)46-18(8)27(37)44-16(6)25(35)42-14(4)23(33)40-12(2)21(30)31;1-3-14-10-8-15(5-4-6-20-2)23(18,19)12-9(10)7-11(21-12)22(13,16)17/h18,20-27,29,41H,12-17,19H2,1-11H3,(H,42,45);12-19H,10-11H2,1-9H3,(H,30,31);7,10,14H,3-6,8H2,1-2H3,(H2,13,16,17)/t20-,21-,22-,23-,24-,25-,26-,27-,29-;12-,13+,14-,15-,16-,17-,18-,19-;10-/m010/s1. The molecule has 2 aliphatic rings. The van der Waals surface area contributed by atoms with Gasteiger partial charge in [0, 0.05) is 89.7 Å². The number of sulfonamides is 4. The van der Waals surface area contributed by atoms with Crippen LogP contribution in [0.4, 0.5) is 0 Å². The molecule has 0 aliphatic carbocycles. The van der Waals surface area contributed by atoms with Crippen molar-refractivity contribution >= 4 is 170 Å². The highest BCUT2D eigenvalue weighted by Crippen LogP contribution is 2.42. The van der Waals surface area contributed by atoms with Gasteiger partial charge in [0.25, 0.3) is 36.0 Å². The maximum absolute atomic E-state index is 13.4. The number of carbonyl (C=O) groups excluding carboxylic acids is 17. The third-order valence-electron chi connectivity index (χ3n) is 18.3. The number of carboxylic acids is 1. The van der Waals surface area contributed by atoms with Crippen LogP contribution in [-0.4, -0.2) is 319 Å². The number of carboxylic acid groups (broad SMARTS) is 1. The van der Waals surface area contributed by atoms with Crippen molar-refractivity contribution < 1.29 is 210 Å². The van der Waals surface area contributed by atoms with Crippen LogP contribution in [-0.2, 0) is 212 Å². The Balaban J connectivity index is 0.000000784. The van der Waals surface area contributed by atoms with Gasteiger partial charge in [0.15, 0.2) is 97.7 Å². The fourth-order valence-corrected chi connectivity index (χ4v) is 19.9. The van der Waals surface area contributed by atoms with Gasteiger partial charge in [-0.1, -0.05) is 27.7 Å². The summed E-state index contributed by atoms with van der Waals surface area (Å²) in [5.74, 6) is -20.8. The Morgan fingerprint density at radius 2 is 0.591 bits per heavy atom. The molecule has 0 spiro atoms. The number of methoxy groups -OCH3 is 2. The number of hydrogen-bond acceptors (Lipinski definition) is 48. The summed E-state index contributed by atoms with van der Waals surface area (Å²) in [5.41, 5.74) is 0.681. The van der Waals surface area contributed by atoms with Crippen LogP contribution in [0.25, 0.3) is 0 Å². The fraction of sp³-hybridized carbons (Fsp3) is 0.675. The van der Waals surface area contributed by atoms with Crippen molar-refractivity contribution in [1.29, 1.82) is 0 Å². The number of nitrogens with two attached hydrogens (primary N) is 1. The number of thiophene rings is 2. The van der Waals surface area contributed by atoms with Crippen molar-refractivity contribution in [2.24, 2.45) is 5.14 Å². The van der Waals surface area contributed by atoms with Crippen LogP contribution < -0.4 is 20.5 Å². The van der Waals surface area contributed by atoms with Gasteiger partial charge < -0.3 is 101 Å². The van der Waals surface area contributed by atoms with Crippen LogP contribution in [0.3, 0.4) is 0 Å². The highest BCUT2D eigenvalue weighted by molar-refractivity contribution is 7.94. The number of aliphatic carboxylic acids is 1. The second kappa shape index (κ2) is 57.1. The molecule has 51 nitrogen and oxygen atoms in total. The van der Waals surface area contributed by atoms with E-state index in [9.17, 15) is 120 Å². The highest BCUT2D eigenvalue weighted by Gasteiger charge is 2.44. The molecule has 1 amide bonds. The smallest absolute Gasteiger partial charge is 0.347 e. The van der Waals surface area contributed by atoms with Gasteiger partial charge in [-0.15, -0.1) is 22.7 Å². The number of ether oxygens (including phenoxy) is 18. The SMILES string of the molecule is CCCC(=O)O[C@@H](C)C(=O)O[C@@H](C)C(=O)O[C@@H](C)C(=O)O[C@@H](C)C(=O)O[C@@H](C)C(=O)O[C@@H](C)C(=O)O[C@@H](C)C(=O)O[C@@H](C)C(=O)NS(=O)(=O)c1cc2c(s1)S(=O)(=O)N(CCCOC)C[C@@H]2NCC.CCCC(=O)O[C@@H](C)C(=O)O[C@H](C)C(=O)O[C@H](C)C(=O)O[C@H](C)C(=O)O[C@H](C)C(=O)O[C@H](C)C(=O)O[C@H](C)C(=O)O[C@H](C)C(=O)O.CCN[C@H]1CN(CCCOC)S(=O)(=O)c2sc(S(N)(=O)=O)cc21. The second-order valence-electron chi connectivity index (χ2n) is 30.0. The molecular weight excluding hydrogens is 1960 g/mol. The quantitative estimate of drug-likeness (QED) is 0.0349. The van der Waals surface area contributed by atoms with Crippen molar-refractivity contribution in [3.63, 3.8) is 0 Å². The number of fused-ring (bicyclic) bond motifs is 2. The third-order valence-corrected chi connectivity index (χ3v) is 28.6. The maximum Gasteiger partial charge on any atom is 0.347 e. The molecule has 4 heterocycles. The van der Waals surface area contributed by atoms with Crippen molar-refractivity contribution in [3.05, 3.63) is 23.3 Å². The molecule has 0 aromatic carbocycles. The van der Waals surface area contributed by atoms with E-state index in [1.165, 1.54) is 35.6 Å². The van der Waals surface area contributed by atoms with Gasteiger partial charge in [-0.3, -0.25) is 14.4 Å². The lowest BCUT2D eigenvalue weighted by atomic mass is 10.1. The molecule has 57 heteroatoms. The second-order valence-corrected chi connectivity index (χ2v) is 40.0. The molecule has 2 aromatic rings. The summed E-state index contributed by atoms with van der Waals surface area (Å²) in [4.78, 5) is 220. The van der Waals surface area contributed by atoms with Gasteiger partial charge in [-0.05, 0) is 162 Å². The number of rotatable bonds is 51. The molecule has 0 fully saturated rings. The average molecular weight is 2080 g/mol. The van der Waals surface area contributed by atoms with Crippen LogP contribution in [0, 0.1) is 0 Å². The molecule has 4 rings (SSSR count). The van der Waals surface area contributed by atoms with Gasteiger partial charge in [0.1, 0.15) is 16.8 Å². The van der Waals surface area contributed by atoms with Gasteiger partial charge >= 0.3 is 101 Å². The van der Waals surface area contributed by atoms with E-state index in [2.05, 4.69) is 15.4 Å². The summed E-state index contributed by atoms with van der Waals surface area (Å²) in [7, 11) is -13.4. The van der Waals surface area contributed by atoms with Gasteiger partial charge in [0.05, 0.1) is 0 Å². The monoisotopic (exact) mass is 2080 g/mol. The summed E-state index contributed by atoms with van der Waals surface area (Å²) < 4.78 is 194. The molecule has 2 aromatic heterocycles. The summed E-state index contributed by atoms with van der Waals surface area (Å²) in [6.07, 6.45) is -23.3. The van der Waals surface area contributed by atoms with E-state index in [0.717, 1.165) is 103 Å². The molecule has 6 N–H and O–H groups in total. The minimum atomic E-state index is -4.70. The topological polar surface area (TPSA) is 699 Å². The van der Waals surface area contributed by atoms with E-state index < -0.39 is 255 Å². The molecule has 0 unspecified atom stereocenters. The van der Waals surface area contributed by atoms with E-state index in [1.807, 2.05) is 6.92 Å². The Kier molecular flexibility index (Phi) is 51.0. The molecule has 137 heavy (non-hydrogen) atoms. The van der Waals surface area contributed by atoms with Crippen LogP contribution >= 0.6 is 22.7 Å². The zero-order valence-electron chi connectivity index (χ0n) is 79.3. The molecular formula is C80H120N6O45S6. The average Bonchev–Trinajstić information content (AvgIpc) is 1.61. The van der Waals surface area contributed by atoms with Crippen LogP contribution in [0.2, 0.25) is 0 Å². The number of likely N-dealkylation sites (N-methyl/N-ethyl adjacent to an activating group) is 2. The van der Waals surface area contributed by atoms with Crippen molar-refractivity contribution in [3.8, 4) is 0 Å². The predicted molar refractivity (Wildman–Crippen MR) is 465 cm³/mol. The summed E-state index contributed by atoms with van der Waals surface area (Å²) in [6.45, 7) is 27.3. The first-order chi connectivity index (χ1) is 63.5. The van der Waals surface area contributed by atoms with Crippen LogP contribution in [0.5, 0.6) is 0 Å². The number of primary sulfonamides is 1. The van der Waals surface area contributed by atoms with Crippen molar-refractivity contribution in [1.82, 2.24) is 24.0 Å². The first-order valence-corrected chi connectivity index (χ1v) is 49.9. The Bertz CT molecular complexity index is 5060. The molecule has 2 aliphatic heterocycles. The zero-order chi connectivity index (χ0) is 105. The van der Waals surface area contributed by atoms with Gasteiger partial charge in [-0.2, -0.15) is 8.61 Å². The Hall–Kier alpha value is -10.6. The first-order valence-electron chi connectivity index (χ1n) is 42.3. The number of amides is 1. The Morgan fingerprint density at radius 1 is 0.372 bits per heavy atom. The molecule has 0 radical (unpaired) electrons. The Labute approximate surface area is 798 Å². The third kappa shape index (κ3) is 39.3. The first kappa shape index (κ1) is 122. The van der Waals surface area contributed by atoms with Crippen molar-refractivity contribution in [2.75, 3.05) is 66.7 Å². The molecule has 0 saturated heterocycles. The lowest BCUT2D eigenvalue weighted by Crippen LogP contribution is -2.43. The molecule has 776 valence electrons. The summed E-state index contributed by atoms with van der Waals surface area (Å²) >= 11 is 1.15. The number of nitrogens with one attached hydrogen (secondary N) is 3. The van der Waals surface area contributed by atoms with E-state index in [1.54, 1.807) is 32.6 Å². The largest absolute Gasteiger partial charge is 0.479 e. The fourth-order valence-electron chi connectivity index (χ4n) is 10.7. The number of hydrogen-bond donors (Lipinski definition) is 5. The van der Waals surface area contributed by atoms with E-state index in [4.69, 9.17) is 90.8 Å². The van der Waals surface area contributed by atoms with Gasteiger partial charge in [-0.25, -0.2) is 115 Å². The Morgan fingerprint density at radius 3 is 0.810 bits per heavy atom. The maximum atomic E-state index is 13.4. The van der Waals surface area contributed by atoms with E-state index in [0.29, 0.717) is 86.8 Å². The molecule has 0 saturated carbocycles. The lowest BCUT2D eigenvalue weighted by molar-refractivity contribution is -0.189. The number of esters is 16. The lowest BCUT2D eigenvalue weighted by Gasteiger charge is -2.32. The minimum Gasteiger partial charge on any atom is -0.479 e. The highest BCUT2D eigenvalue weighted by atomic mass is 32.3. The summed E-state index contributed by atoms with van der Waals surface area (Å²) in [6, 6.07) is 1.71. The number of nitrogens with zero attached hydrogens (tertiary/aromatic N) is 2. The van der Waals surface area contributed by atoms with E-state index >= 15 is 0 Å². The summed E-state index contributed by atoms with van der Waals surface area (Å²) in [5, 5.41) is 20.2. The zero-order valence-corrected chi connectivity index (χ0v) is 84.2. The normalized spacial score (nSPS) is 17.8. The van der Waals surface area contributed by atoms with Gasteiger partial charge in [0.2, 0.25) is 10.0 Å². The van der Waals surface area contributed by atoms with Crippen LogP contribution in [0.15, 0.2) is 29.0 Å².